The summed E-state index contributed by atoms with van der Waals surface area (Å²) in [5.41, 5.74) is 3.85. The van der Waals surface area contributed by atoms with Gasteiger partial charge in [0.1, 0.15) is 18.5 Å². The summed E-state index contributed by atoms with van der Waals surface area (Å²) in [5, 5.41) is 17.9. The molecule has 5 aromatic rings. The van der Waals surface area contributed by atoms with Crippen molar-refractivity contribution in [1.82, 2.24) is 29.4 Å². The molecule has 5 heterocycles. The maximum absolute atomic E-state index is 13.3. The largest absolute Gasteiger partial charge is 0.394 e. The second kappa shape index (κ2) is 12.2. The molecule has 2 aliphatic rings. The van der Waals surface area contributed by atoms with E-state index in [2.05, 4.69) is 60.6 Å². The highest BCUT2D eigenvalue weighted by atomic mass is 35.5. The van der Waals surface area contributed by atoms with Gasteiger partial charge in [0.25, 0.3) is 5.91 Å². The number of nitrogens with zero attached hydrogens (tertiary/aromatic N) is 5. The third kappa shape index (κ3) is 6.19. The Hall–Kier alpha value is -4.07. The summed E-state index contributed by atoms with van der Waals surface area (Å²) in [6.45, 7) is 8.22. The van der Waals surface area contributed by atoms with Crippen molar-refractivity contribution in [3.63, 3.8) is 0 Å². The molecule has 1 amide bonds. The van der Waals surface area contributed by atoms with Crippen LogP contribution in [0.25, 0.3) is 22.1 Å². The Morgan fingerprint density at radius 2 is 1.83 bits per heavy atom. The first-order valence-corrected chi connectivity index (χ1v) is 16.1. The van der Waals surface area contributed by atoms with Crippen LogP contribution in [0.4, 0.5) is 5.82 Å². The first-order valence-electron chi connectivity index (χ1n) is 15.7. The van der Waals surface area contributed by atoms with Gasteiger partial charge in [-0.25, -0.2) is 15.0 Å². The van der Waals surface area contributed by atoms with Crippen LogP contribution in [0.3, 0.4) is 0 Å². The molecule has 0 saturated carbocycles. The van der Waals surface area contributed by atoms with Crippen LogP contribution in [-0.2, 0) is 32.0 Å². The second-order valence-corrected chi connectivity index (χ2v) is 13.6. The van der Waals surface area contributed by atoms with Gasteiger partial charge in [-0.2, -0.15) is 0 Å². The number of hydrogen-bond acceptors (Lipinski definition) is 9. The fourth-order valence-electron chi connectivity index (χ4n) is 6.38. The van der Waals surface area contributed by atoms with E-state index in [9.17, 15) is 9.90 Å². The molecule has 2 aromatic carbocycles. The van der Waals surface area contributed by atoms with Crippen molar-refractivity contribution in [1.29, 1.82) is 0 Å². The maximum atomic E-state index is 13.3. The van der Waals surface area contributed by atoms with Gasteiger partial charge in [0.15, 0.2) is 35.1 Å². The van der Waals surface area contributed by atoms with E-state index in [0.717, 1.165) is 18.0 Å². The Morgan fingerprint density at radius 1 is 1.06 bits per heavy atom. The zero-order valence-electron chi connectivity index (χ0n) is 26.7. The smallest absolute Gasteiger partial charge is 0.252 e. The van der Waals surface area contributed by atoms with Crippen molar-refractivity contribution in [3.05, 3.63) is 83.5 Å². The lowest BCUT2D eigenvalue weighted by Gasteiger charge is -2.28. The third-order valence-electron chi connectivity index (χ3n) is 8.60. The predicted molar refractivity (Wildman–Crippen MR) is 177 cm³/mol. The van der Waals surface area contributed by atoms with Crippen LogP contribution in [0.15, 0.2) is 67.4 Å². The van der Waals surface area contributed by atoms with Gasteiger partial charge in [-0.1, -0.05) is 41.9 Å². The molecule has 0 radical (unpaired) electrons. The number of amides is 1. The SMILES string of the molecule is CC(C)(CO)NC(=O)[C@H]1O[C@@H](n2cnc3c(NCCc4cn(Cc5ccc(Cl)cc5)c5ccccc45)ncnc32)[C@@H]2OC(C)(C)O[C@@H]21. The van der Waals surface area contributed by atoms with E-state index in [-0.39, 0.29) is 6.61 Å². The van der Waals surface area contributed by atoms with Gasteiger partial charge < -0.3 is 34.5 Å². The minimum absolute atomic E-state index is 0.226. The highest BCUT2D eigenvalue weighted by Crippen LogP contribution is 2.44. The Bertz CT molecular complexity index is 1920. The molecule has 3 aromatic heterocycles. The number of halogens is 1. The summed E-state index contributed by atoms with van der Waals surface area (Å²) in [5.74, 6) is -0.715. The lowest BCUT2D eigenvalue weighted by atomic mass is 10.0. The number of rotatable bonds is 10. The zero-order chi connectivity index (χ0) is 32.9. The maximum Gasteiger partial charge on any atom is 0.252 e. The quantitative estimate of drug-likeness (QED) is 0.199. The van der Waals surface area contributed by atoms with Gasteiger partial charge in [-0.3, -0.25) is 9.36 Å². The van der Waals surface area contributed by atoms with Crippen molar-refractivity contribution < 1.29 is 24.1 Å². The average molecular weight is 660 g/mol. The Labute approximate surface area is 277 Å². The highest BCUT2D eigenvalue weighted by Gasteiger charge is 2.58. The van der Waals surface area contributed by atoms with Crippen LogP contribution >= 0.6 is 11.6 Å². The lowest BCUT2D eigenvalue weighted by Crippen LogP contribution is -2.52. The van der Waals surface area contributed by atoms with Crippen molar-refractivity contribution in [2.45, 2.75) is 76.5 Å². The van der Waals surface area contributed by atoms with Gasteiger partial charge in [0, 0.05) is 35.2 Å². The number of nitrogens with one attached hydrogen (secondary N) is 2. The number of carbonyl (C=O) groups excluding carboxylic acids is 1. The van der Waals surface area contributed by atoms with Gasteiger partial charge >= 0.3 is 0 Å². The van der Waals surface area contributed by atoms with E-state index in [1.165, 1.54) is 28.4 Å². The summed E-state index contributed by atoms with van der Waals surface area (Å²) in [4.78, 5) is 26.9. The zero-order valence-corrected chi connectivity index (χ0v) is 27.4. The Balaban J connectivity index is 1.10. The molecule has 2 aliphatic heterocycles. The number of hydrogen-bond donors (Lipinski definition) is 3. The number of aromatic nitrogens is 5. The van der Waals surface area contributed by atoms with Gasteiger partial charge in [0.05, 0.1) is 18.5 Å². The van der Waals surface area contributed by atoms with Crippen molar-refractivity contribution in [2.24, 2.45) is 0 Å². The van der Waals surface area contributed by atoms with E-state index in [1.807, 2.05) is 24.3 Å². The fraction of sp³-hybridized carbons (Fsp3) is 0.412. The molecule has 12 nitrogen and oxygen atoms in total. The summed E-state index contributed by atoms with van der Waals surface area (Å²) >= 11 is 6.10. The van der Waals surface area contributed by atoms with Gasteiger partial charge in [-0.05, 0) is 63.4 Å². The lowest BCUT2D eigenvalue weighted by molar-refractivity contribution is -0.197. The molecule has 0 bridgehead atoms. The number of ether oxygens (including phenoxy) is 3. The van der Waals surface area contributed by atoms with Crippen molar-refractivity contribution in [3.8, 4) is 0 Å². The molecule has 2 fully saturated rings. The Morgan fingerprint density at radius 3 is 2.62 bits per heavy atom. The van der Waals surface area contributed by atoms with E-state index in [1.54, 1.807) is 38.6 Å². The molecule has 2 saturated heterocycles. The summed E-state index contributed by atoms with van der Waals surface area (Å²) in [6.07, 6.45) is 3.14. The van der Waals surface area contributed by atoms with Crippen LogP contribution in [0.5, 0.6) is 0 Å². The van der Waals surface area contributed by atoms with E-state index < -0.39 is 41.8 Å². The summed E-state index contributed by atoms with van der Waals surface area (Å²) in [6, 6.07) is 16.3. The minimum Gasteiger partial charge on any atom is -0.394 e. The summed E-state index contributed by atoms with van der Waals surface area (Å²) in [7, 11) is 0. The number of benzene rings is 2. The molecule has 0 aliphatic carbocycles. The molecule has 47 heavy (non-hydrogen) atoms. The predicted octanol–water partition coefficient (Wildman–Crippen LogP) is 4.44. The molecule has 4 atom stereocenters. The Kier molecular flexibility index (Phi) is 8.17. The van der Waals surface area contributed by atoms with Crippen molar-refractivity contribution in [2.75, 3.05) is 18.5 Å². The third-order valence-corrected chi connectivity index (χ3v) is 8.85. The van der Waals surface area contributed by atoms with E-state index >= 15 is 0 Å². The van der Waals surface area contributed by atoms with Crippen LogP contribution < -0.4 is 10.6 Å². The van der Waals surface area contributed by atoms with E-state index in [0.29, 0.717) is 23.5 Å². The van der Waals surface area contributed by atoms with Gasteiger partial charge in [-0.15, -0.1) is 0 Å². The first-order chi connectivity index (χ1) is 22.5. The number of aliphatic hydroxyl groups is 1. The number of aliphatic hydroxyl groups excluding tert-OH is 1. The van der Waals surface area contributed by atoms with Gasteiger partial charge in [0.2, 0.25) is 0 Å². The molecule has 0 spiro atoms. The monoisotopic (exact) mass is 659 g/mol. The fourth-order valence-corrected chi connectivity index (χ4v) is 6.50. The molecule has 246 valence electrons. The van der Waals surface area contributed by atoms with Crippen LogP contribution in [0.2, 0.25) is 5.02 Å². The number of para-hydroxylation sites is 1. The molecule has 13 heteroatoms. The number of carbonyl (C=O) groups is 1. The van der Waals surface area contributed by atoms with E-state index in [4.69, 9.17) is 25.8 Å². The van der Waals surface area contributed by atoms with Crippen LogP contribution in [0.1, 0.15) is 45.0 Å². The van der Waals surface area contributed by atoms with Crippen LogP contribution in [0, 0.1) is 0 Å². The first kappa shape index (κ1) is 31.5. The second-order valence-electron chi connectivity index (χ2n) is 13.2. The molecule has 3 N–H and O–H groups in total. The van der Waals surface area contributed by atoms with Crippen LogP contribution in [-0.4, -0.2) is 77.9 Å². The highest BCUT2D eigenvalue weighted by molar-refractivity contribution is 6.30. The molecular weight excluding hydrogens is 622 g/mol. The average Bonchev–Trinajstić information content (AvgIpc) is 3.79. The number of imidazole rings is 1. The number of anilines is 1. The minimum atomic E-state index is -0.962. The van der Waals surface area contributed by atoms with Crippen molar-refractivity contribution >= 4 is 45.4 Å². The topological polar surface area (TPSA) is 138 Å². The molecule has 0 unspecified atom stereocenters. The molecular formula is C34H38ClN7O5. The standard InChI is InChI=1S/C34H38ClN7O5/c1-33(2,17-43)40-31(44)27-26-28(47-34(3,4)46-26)32(45-27)42-19-39-25-29(37-18-38-30(25)42)36-14-13-21-16-41(24-8-6-5-7-23(21)24)15-20-9-11-22(35)12-10-20/h5-12,16,18-19,26-28,32,43H,13-15,17H2,1-4H3,(H,40,44)(H,36,37,38)/t26-,27+,28-,32-/m1/s1. The molecule has 7 rings (SSSR count). The number of fused-ring (bicyclic) bond motifs is 3. The normalized spacial score (nSPS) is 22.2. The summed E-state index contributed by atoms with van der Waals surface area (Å²) < 4.78 is 22.7.